The molecule has 7 heteroatoms. The van der Waals surface area contributed by atoms with Crippen molar-refractivity contribution in [2.24, 2.45) is 7.05 Å². The Morgan fingerprint density at radius 1 is 1.03 bits per heavy atom. The average molecular weight is 392 g/mol. The minimum Gasteiger partial charge on any atom is -0.494 e. The summed E-state index contributed by atoms with van der Waals surface area (Å²) in [5.41, 5.74) is 1.96. The van der Waals surface area contributed by atoms with Crippen molar-refractivity contribution in [2.75, 3.05) is 17.2 Å². The standard InChI is InChI=1S/C22H24N4O3/c1-3-29-18-12-10-17(11-13-18)23-22(28)19-15-20(26(2)25-19)24-21(27)14-9-16-7-5-4-6-8-16/h4-8,10-13,15H,3,9,14H2,1-2H3,(H,23,28)(H,24,27). The van der Waals surface area contributed by atoms with Crippen molar-refractivity contribution in [1.82, 2.24) is 9.78 Å². The van der Waals surface area contributed by atoms with E-state index < -0.39 is 0 Å². The van der Waals surface area contributed by atoms with Crippen molar-refractivity contribution >= 4 is 23.3 Å². The van der Waals surface area contributed by atoms with Crippen molar-refractivity contribution in [3.05, 3.63) is 71.9 Å². The Morgan fingerprint density at radius 2 is 1.76 bits per heavy atom. The fourth-order valence-corrected chi connectivity index (χ4v) is 2.80. The molecule has 1 heterocycles. The summed E-state index contributed by atoms with van der Waals surface area (Å²) in [6.45, 7) is 2.49. The largest absolute Gasteiger partial charge is 0.494 e. The van der Waals surface area contributed by atoms with Crippen LogP contribution in [0.3, 0.4) is 0 Å². The Labute approximate surface area is 169 Å². The number of carbonyl (C=O) groups is 2. The first-order valence-electron chi connectivity index (χ1n) is 9.47. The second kappa shape index (κ2) is 9.54. The molecule has 0 bridgehead atoms. The number of hydrogen-bond donors (Lipinski definition) is 2. The number of amides is 2. The highest BCUT2D eigenvalue weighted by molar-refractivity contribution is 6.04. The van der Waals surface area contributed by atoms with Crippen LogP contribution in [0.4, 0.5) is 11.5 Å². The molecule has 1 aromatic heterocycles. The first-order chi connectivity index (χ1) is 14.0. The summed E-state index contributed by atoms with van der Waals surface area (Å²) in [6.07, 6.45) is 0.999. The third kappa shape index (κ3) is 5.68. The third-order valence-electron chi connectivity index (χ3n) is 4.29. The Kier molecular flexibility index (Phi) is 6.63. The molecule has 0 atom stereocenters. The van der Waals surface area contributed by atoms with Gasteiger partial charge in [0.1, 0.15) is 11.6 Å². The van der Waals surface area contributed by atoms with Gasteiger partial charge in [0.2, 0.25) is 5.91 Å². The van der Waals surface area contributed by atoms with Crippen LogP contribution < -0.4 is 15.4 Å². The van der Waals surface area contributed by atoms with Gasteiger partial charge in [0.25, 0.3) is 5.91 Å². The lowest BCUT2D eigenvalue weighted by atomic mass is 10.1. The second-order valence-electron chi connectivity index (χ2n) is 6.48. The Bertz CT molecular complexity index is 965. The molecule has 7 nitrogen and oxygen atoms in total. The minimum absolute atomic E-state index is 0.129. The summed E-state index contributed by atoms with van der Waals surface area (Å²) in [5.74, 6) is 0.730. The van der Waals surface area contributed by atoms with E-state index in [9.17, 15) is 9.59 Å². The van der Waals surface area contributed by atoms with Crippen LogP contribution in [-0.4, -0.2) is 28.2 Å². The molecular weight excluding hydrogens is 368 g/mol. The number of benzene rings is 2. The Hall–Kier alpha value is -3.61. The molecule has 3 aromatic rings. The van der Waals surface area contributed by atoms with Crippen LogP contribution in [-0.2, 0) is 18.3 Å². The first-order valence-corrected chi connectivity index (χ1v) is 9.47. The summed E-state index contributed by atoms with van der Waals surface area (Å²) in [4.78, 5) is 24.7. The van der Waals surface area contributed by atoms with Crippen LogP contribution in [0.2, 0.25) is 0 Å². The van der Waals surface area contributed by atoms with Crippen LogP contribution in [0.25, 0.3) is 0 Å². The van der Waals surface area contributed by atoms with E-state index in [1.54, 1.807) is 37.4 Å². The van der Waals surface area contributed by atoms with Gasteiger partial charge in [-0.15, -0.1) is 0 Å². The zero-order valence-corrected chi connectivity index (χ0v) is 16.5. The number of nitrogens with one attached hydrogen (secondary N) is 2. The predicted octanol–water partition coefficient (Wildman–Crippen LogP) is 3.64. The SMILES string of the molecule is CCOc1ccc(NC(=O)c2cc(NC(=O)CCc3ccccc3)n(C)n2)cc1. The lowest BCUT2D eigenvalue weighted by molar-refractivity contribution is -0.116. The lowest BCUT2D eigenvalue weighted by Gasteiger charge is -2.05. The maximum Gasteiger partial charge on any atom is 0.276 e. The highest BCUT2D eigenvalue weighted by Crippen LogP contribution is 2.17. The van der Waals surface area contributed by atoms with Crippen LogP contribution in [0.15, 0.2) is 60.7 Å². The third-order valence-corrected chi connectivity index (χ3v) is 4.29. The van der Waals surface area contributed by atoms with Crippen molar-refractivity contribution < 1.29 is 14.3 Å². The Morgan fingerprint density at radius 3 is 2.45 bits per heavy atom. The minimum atomic E-state index is -0.352. The van der Waals surface area contributed by atoms with E-state index in [4.69, 9.17) is 4.74 Å². The van der Waals surface area contributed by atoms with E-state index in [1.807, 2.05) is 37.3 Å². The molecule has 150 valence electrons. The predicted molar refractivity (Wildman–Crippen MR) is 112 cm³/mol. The van der Waals surface area contributed by atoms with Crippen molar-refractivity contribution in [3.63, 3.8) is 0 Å². The maximum atomic E-state index is 12.5. The van der Waals surface area contributed by atoms with Gasteiger partial charge in [0.15, 0.2) is 5.69 Å². The van der Waals surface area contributed by atoms with Crippen molar-refractivity contribution in [3.8, 4) is 5.75 Å². The van der Waals surface area contributed by atoms with Gasteiger partial charge in [-0.3, -0.25) is 14.3 Å². The van der Waals surface area contributed by atoms with E-state index in [0.29, 0.717) is 31.0 Å². The molecule has 3 rings (SSSR count). The van der Waals surface area contributed by atoms with E-state index in [1.165, 1.54) is 4.68 Å². The molecule has 29 heavy (non-hydrogen) atoms. The smallest absolute Gasteiger partial charge is 0.276 e. The number of rotatable bonds is 8. The van der Waals surface area contributed by atoms with E-state index in [0.717, 1.165) is 11.3 Å². The fourth-order valence-electron chi connectivity index (χ4n) is 2.80. The monoisotopic (exact) mass is 392 g/mol. The summed E-state index contributed by atoms with van der Waals surface area (Å²) < 4.78 is 6.87. The van der Waals surface area contributed by atoms with Gasteiger partial charge < -0.3 is 15.4 Å². The number of aromatic nitrogens is 2. The van der Waals surface area contributed by atoms with Crippen molar-refractivity contribution in [1.29, 1.82) is 0 Å². The molecule has 0 aliphatic heterocycles. The number of carbonyl (C=O) groups excluding carboxylic acids is 2. The summed E-state index contributed by atoms with van der Waals surface area (Å²) in [5, 5.41) is 9.78. The number of hydrogen-bond acceptors (Lipinski definition) is 4. The molecule has 0 spiro atoms. The van der Waals surface area contributed by atoms with E-state index >= 15 is 0 Å². The van der Waals surface area contributed by atoms with Gasteiger partial charge >= 0.3 is 0 Å². The lowest BCUT2D eigenvalue weighted by Crippen LogP contribution is -2.14. The van der Waals surface area contributed by atoms with E-state index in [-0.39, 0.29) is 17.5 Å². The van der Waals surface area contributed by atoms with Gasteiger partial charge in [-0.1, -0.05) is 30.3 Å². The second-order valence-corrected chi connectivity index (χ2v) is 6.48. The van der Waals surface area contributed by atoms with Crippen LogP contribution in [0.1, 0.15) is 29.4 Å². The molecule has 0 saturated heterocycles. The number of ether oxygens (including phenoxy) is 1. The number of aryl methyl sites for hydroxylation is 2. The number of nitrogens with zero attached hydrogens (tertiary/aromatic N) is 2. The molecule has 0 aliphatic carbocycles. The normalized spacial score (nSPS) is 10.4. The fraction of sp³-hybridized carbons (Fsp3) is 0.227. The van der Waals surface area contributed by atoms with Gasteiger partial charge in [-0.2, -0.15) is 5.10 Å². The molecule has 2 N–H and O–H groups in total. The number of anilines is 2. The average Bonchev–Trinajstić information content (AvgIpc) is 3.09. The molecule has 0 radical (unpaired) electrons. The van der Waals surface area contributed by atoms with Crippen LogP contribution >= 0.6 is 0 Å². The van der Waals surface area contributed by atoms with Gasteiger partial charge in [-0.05, 0) is 43.2 Å². The maximum absolute atomic E-state index is 12.5. The topological polar surface area (TPSA) is 85.3 Å². The van der Waals surface area contributed by atoms with E-state index in [2.05, 4.69) is 15.7 Å². The first kappa shape index (κ1) is 20.1. The molecular formula is C22H24N4O3. The summed E-state index contributed by atoms with van der Waals surface area (Å²) >= 11 is 0. The molecule has 0 unspecified atom stereocenters. The highest BCUT2D eigenvalue weighted by atomic mass is 16.5. The van der Waals surface area contributed by atoms with Gasteiger partial charge in [0, 0.05) is 25.2 Å². The van der Waals surface area contributed by atoms with Crippen molar-refractivity contribution in [2.45, 2.75) is 19.8 Å². The Balaban J connectivity index is 1.57. The van der Waals surface area contributed by atoms with Gasteiger partial charge in [-0.25, -0.2) is 0 Å². The van der Waals surface area contributed by atoms with Crippen LogP contribution in [0, 0.1) is 0 Å². The molecule has 0 aliphatic rings. The molecule has 2 aromatic carbocycles. The van der Waals surface area contributed by atoms with Crippen LogP contribution in [0.5, 0.6) is 5.75 Å². The molecule has 0 saturated carbocycles. The van der Waals surface area contributed by atoms with Gasteiger partial charge in [0.05, 0.1) is 6.61 Å². The zero-order chi connectivity index (χ0) is 20.6. The quantitative estimate of drug-likeness (QED) is 0.613. The molecule has 0 fully saturated rings. The zero-order valence-electron chi connectivity index (χ0n) is 16.5. The highest BCUT2D eigenvalue weighted by Gasteiger charge is 2.15. The molecule has 2 amide bonds. The summed E-state index contributed by atoms with van der Waals surface area (Å²) in [7, 11) is 1.68. The summed E-state index contributed by atoms with van der Waals surface area (Å²) in [6, 6.07) is 18.5.